The highest BCUT2D eigenvalue weighted by molar-refractivity contribution is 5.97. The summed E-state index contributed by atoms with van der Waals surface area (Å²) in [5, 5.41) is 11.6. The van der Waals surface area contributed by atoms with Gasteiger partial charge in [-0.1, -0.05) is 0 Å². The van der Waals surface area contributed by atoms with Crippen LogP contribution in [0.3, 0.4) is 0 Å². The lowest BCUT2D eigenvalue weighted by molar-refractivity contribution is -0.124. The monoisotopic (exact) mass is 280 g/mol. The number of carboxylic acids is 1. The number of amides is 1. The third-order valence-electron chi connectivity index (χ3n) is 3.15. The molecule has 20 heavy (non-hydrogen) atoms. The second-order valence-electron chi connectivity index (χ2n) is 4.30. The number of morpholine rings is 1. The van der Waals surface area contributed by atoms with E-state index in [0.717, 1.165) is 0 Å². The van der Waals surface area contributed by atoms with Crippen molar-refractivity contribution in [3.63, 3.8) is 0 Å². The Kier molecular flexibility index (Phi) is 4.04. The highest BCUT2D eigenvalue weighted by atomic mass is 16.5. The number of ether oxygens (including phenoxy) is 1. The average molecular weight is 280 g/mol. The molecular weight excluding hydrogens is 264 g/mol. The van der Waals surface area contributed by atoms with Gasteiger partial charge in [0.05, 0.1) is 24.5 Å². The first-order valence-electron chi connectivity index (χ1n) is 6.10. The van der Waals surface area contributed by atoms with Crippen LogP contribution in [-0.2, 0) is 9.53 Å². The molecule has 1 aromatic heterocycles. The molecule has 2 heterocycles. The zero-order valence-electron chi connectivity index (χ0n) is 11.0. The van der Waals surface area contributed by atoms with E-state index in [0.29, 0.717) is 19.0 Å². The molecule has 108 valence electrons. The van der Waals surface area contributed by atoms with Crippen molar-refractivity contribution in [2.45, 2.75) is 6.04 Å². The molecule has 1 aliphatic rings. The number of hydrogen-bond acceptors (Lipinski definition) is 6. The van der Waals surface area contributed by atoms with Crippen molar-refractivity contribution in [1.82, 2.24) is 10.3 Å². The number of carboxylic acid groups (broad SMARTS) is 1. The van der Waals surface area contributed by atoms with Gasteiger partial charge in [0.15, 0.2) is 5.82 Å². The summed E-state index contributed by atoms with van der Waals surface area (Å²) in [6.07, 6.45) is 1.37. The van der Waals surface area contributed by atoms with E-state index in [1.54, 1.807) is 4.90 Å². The van der Waals surface area contributed by atoms with Crippen molar-refractivity contribution in [2.24, 2.45) is 0 Å². The summed E-state index contributed by atoms with van der Waals surface area (Å²) in [5.41, 5.74) is 5.88. The van der Waals surface area contributed by atoms with Gasteiger partial charge in [-0.05, 0) is 6.07 Å². The van der Waals surface area contributed by atoms with Gasteiger partial charge in [-0.25, -0.2) is 9.78 Å². The van der Waals surface area contributed by atoms with Gasteiger partial charge in [-0.3, -0.25) is 4.79 Å². The molecule has 0 radical (unpaired) electrons. The Hall–Kier alpha value is -2.35. The number of nitrogen functional groups attached to an aromatic ring is 1. The van der Waals surface area contributed by atoms with Crippen LogP contribution in [0.1, 0.15) is 10.4 Å². The third-order valence-corrected chi connectivity index (χ3v) is 3.15. The summed E-state index contributed by atoms with van der Waals surface area (Å²) >= 11 is 0. The fourth-order valence-electron chi connectivity index (χ4n) is 2.12. The predicted octanol–water partition coefficient (Wildman–Crippen LogP) is -0.687. The maximum Gasteiger partial charge on any atom is 0.337 e. The Morgan fingerprint density at radius 1 is 1.60 bits per heavy atom. The summed E-state index contributed by atoms with van der Waals surface area (Å²) < 4.78 is 5.29. The number of hydrogen-bond donors (Lipinski definition) is 3. The number of pyridine rings is 1. The second kappa shape index (κ2) is 5.74. The molecule has 1 saturated heterocycles. The summed E-state index contributed by atoms with van der Waals surface area (Å²) in [7, 11) is 1.53. The molecule has 1 aliphatic heterocycles. The molecule has 1 atom stereocenters. The molecule has 0 aromatic carbocycles. The topological polar surface area (TPSA) is 118 Å². The number of aromatic nitrogens is 1. The van der Waals surface area contributed by atoms with E-state index in [1.807, 2.05) is 0 Å². The fourth-order valence-corrected chi connectivity index (χ4v) is 2.12. The minimum absolute atomic E-state index is 0.0304. The molecule has 0 bridgehead atoms. The number of nitrogens with two attached hydrogens (primary N) is 1. The summed E-state index contributed by atoms with van der Waals surface area (Å²) in [4.78, 5) is 28.7. The van der Waals surface area contributed by atoms with Gasteiger partial charge in [0.25, 0.3) is 0 Å². The Balaban J connectivity index is 2.40. The number of rotatable bonds is 3. The van der Waals surface area contributed by atoms with E-state index in [4.69, 9.17) is 15.6 Å². The number of likely N-dealkylation sites (N-methyl/N-ethyl adjacent to an activating group) is 1. The van der Waals surface area contributed by atoms with E-state index in [-0.39, 0.29) is 23.8 Å². The molecule has 1 aromatic rings. The summed E-state index contributed by atoms with van der Waals surface area (Å²) in [5.74, 6) is -1.07. The van der Waals surface area contributed by atoms with Crippen LogP contribution in [0.4, 0.5) is 11.5 Å². The van der Waals surface area contributed by atoms with Crippen LogP contribution in [0.25, 0.3) is 0 Å². The van der Waals surface area contributed by atoms with Crippen LogP contribution in [0.15, 0.2) is 12.3 Å². The summed E-state index contributed by atoms with van der Waals surface area (Å²) in [6.45, 7) is 1.04. The van der Waals surface area contributed by atoms with E-state index in [2.05, 4.69) is 10.3 Å². The van der Waals surface area contributed by atoms with Gasteiger partial charge >= 0.3 is 5.97 Å². The van der Waals surface area contributed by atoms with Crippen LogP contribution < -0.4 is 16.0 Å². The molecule has 4 N–H and O–H groups in total. The van der Waals surface area contributed by atoms with Gasteiger partial charge < -0.3 is 25.8 Å². The molecule has 0 spiro atoms. The number of carbonyl (C=O) groups excluding carboxylic acids is 1. The predicted molar refractivity (Wildman–Crippen MR) is 71.6 cm³/mol. The number of nitrogens with one attached hydrogen (secondary N) is 1. The molecule has 1 unspecified atom stereocenters. The zero-order chi connectivity index (χ0) is 14.7. The molecule has 8 nitrogen and oxygen atoms in total. The maximum absolute atomic E-state index is 11.9. The summed E-state index contributed by atoms with van der Waals surface area (Å²) in [6, 6.07) is 0.754. The van der Waals surface area contributed by atoms with Crippen molar-refractivity contribution in [3.8, 4) is 0 Å². The molecule has 0 saturated carbocycles. The largest absolute Gasteiger partial charge is 0.478 e. The molecular formula is C12H16N4O4. The van der Waals surface area contributed by atoms with Crippen molar-refractivity contribution < 1.29 is 19.4 Å². The molecule has 1 fully saturated rings. The Morgan fingerprint density at radius 2 is 2.35 bits per heavy atom. The van der Waals surface area contributed by atoms with Gasteiger partial charge in [-0.15, -0.1) is 0 Å². The SMILES string of the molecule is CNC(=O)C1COCCN1c1nccc(C(=O)O)c1N. The van der Waals surface area contributed by atoms with E-state index in [9.17, 15) is 9.59 Å². The number of nitrogens with zero attached hydrogens (tertiary/aromatic N) is 2. The van der Waals surface area contributed by atoms with Crippen molar-refractivity contribution in [1.29, 1.82) is 0 Å². The molecule has 8 heteroatoms. The minimum atomic E-state index is -1.13. The normalized spacial score (nSPS) is 18.6. The quantitative estimate of drug-likeness (QED) is 0.671. The Bertz CT molecular complexity index is 534. The van der Waals surface area contributed by atoms with Gasteiger partial charge in [0.2, 0.25) is 5.91 Å². The van der Waals surface area contributed by atoms with Crippen molar-refractivity contribution >= 4 is 23.4 Å². The van der Waals surface area contributed by atoms with E-state index in [1.165, 1.54) is 19.3 Å². The first-order chi connectivity index (χ1) is 9.56. The van der Waals surface area contributed by atoms with Gasteiger partial charge in [-0.2, -0.15) is 0 Å². The molecule has 2 rings (SSSR count). The first kappa shape index (κ1) is 14.1. The maximum atomic E-state index is 11.9. The molecule has 1 amide bonds. The minimum Gasteiger partial charge on any atom is -0.478 e. The first-order valence-corrected chi connectivity index (χ1v) is 6.10. The lowest BCUT2D eigenvalue weighted by Crippen LogP contribution is -2.54. The number of carbonyl (C=O) groups is 2. The zero-order valence-corrected chi connectivity index (χ0v) is 11.0. The van der Waals surface area contributed by atoms with Gasteiger partial charge in [0.1, 0.15) is 6.04 Å². The highest BCUT2D eigenvalue weighted by Gasteiger charge is 2.31. The number of anilines is 2. The van der Waals surface area contributed by atoms with Crippen molar-refractivity contribution in [2.75, 3.05) is 37.4 Å². The number of aromatic carboxylic acids is 1. The van der Waals surface area contributed by atoms with Crippen LogP contribution in [0.5, 0.6) is 0 Å². The van der Waals surface area contributed by atoms with Crippen LogP contribution in [0.2, 0.25) is 0 Å². The fraction of sp³-hybridized carbons (Fsp3) is 0.417. The van der Waals surface area contributed by atoms with Crippen LogP contribution >= 0.6 is 0 Å². The van der Waals surface area contributed by atoms with E-state index < -0.39 is 12.0 Å². The third kappa shape index (κ3) is 2.50. The molecule has 0 aliphatic carbocycles. The lowest BCUT2D eigenvalue weighted by Gasteiger charge is -2.35. The van der Waals surface area contributed by atoms with E-state index >= 15 is 0 Å². The van der Waals surface area contributed by atoms with Crippen LogP contribution in [-0.4, -0.2) is 54.8 Å². The van der Waals surface area contributed by atoms with Gasteiger partial charge in [0, 0.05) is 19.8 Å². The van der Waals surface area contributed by atoms with Crippen molar-refractivity contribution in [3.05, 3.63) is 17.8 Å². The highest BCUT2D eigenvalue weighted by Crippen LogP contribution is 2.27. The average Bonchev–Trinajstić information content (AvgIpc) is 2.46. The standard InChI is InChI=1S/C12H16N4O4/c1-14-11(17)8-6-20-5-4-16(8)10-9(13)7(12(18)19)2-3-15-10/h2-3,8H,4-6,13H2,1H3,(H,14,17)(H,18,19). The smallest absolute Gasteiger partial charge is 0.337 e. The lowest BCUT2D eigenvalue weighted by atomic mass is 10.1. The second-order valence-corrected chi connectivity index (χ2v) is 4.30. The van der Waals surface area contributed by atoms with Crippen LogP contribution in [0, 0.1) is 0 Å². The Labute approximate surface area is 115 Å². The Morgan fingerprint density at radius 3 is 3.00 bits per heavy atom.